The van der Waals surface area contributed by atoms with Crippen molar-refractivity contribution in [1.29, 1.82) is 0 Å². The van der Waals surface area contributed by atoms with Crippen molar-refractivity contribution in [2.24, 2.45) is 5.84 Å². The summed E-state index contributed by atoms with van der Waals surface area (Å²) >= 11 is 0. The molecule has 3 N–H and O–H groups in total. The number of hydrazine groups is 1. The van der Waals surface area contributed by atoms with E-state index in [1.54, 1.807) is 14.2 Å². The zero-order chi connectivity index (χ0) is 12.7. The molecular weight excluding hydrogens is 216 g/mol. The van der Waals surface area contributed by atoms with Gasteiger partial charge in [0.05, 0.1) is 19.3 Å². The third kappa shape index (κ3) is 3.70. The minimum atomic E-state index is 0.0845. The first kappa shape index (κ1) is 14.0. The van der Waals surface area contributed by atoms with Crippen LogP contribution in [0.3, 0.4) is 0 Å². The minimum Gasteiger partial charge on any atom is -0.496 e. The molecule has 1 aromatic carbocycles. The van der Waals surface area contributed by atoms with E-state index >= 15 is 0 Å². The Labute approximate surface area is 103 Å². The van der Waals surface area contributed by atoms with Gasteiger partial charge >= 0.3 is 0 Å². The number of ether oxygens (including phenoxy) is 2. The van der Waals surface area contributed by atoms with Crippen LogP contribution in [0.4, 0.5) is 0 Å². The fourth-order valence-corrected chi connectivity index (χ4v) is 2.02. The predicted molar refractivity (Wildman–Crippen MR) is 68.9 cm³/mol. The quantitative estimate of drug-likeness (QED) is 0.558. The Morgan fingerprint density at radius 3 is 2.53 bits per heavy atom. The lowest BCUT2D eigenvalue weighted by atomic mass is 9.99. The van der Waals surface area contributed by atoms with Crippen molar-refractivity contribution in [3.63, 3.8) is 0 Å². The first-order chi connectivity index (χ1) is 8.26. The topological polar surface area (TPSA) is 56.5 Å². The fourth-order valence-electron chi connectivity index (χ4n) is 2.02. The number of methoxy groups -OCH3 is 2. The van der Waals surface area contributed by atoms with Crippen LogP contribution in [0.25, 0.3) is 0 Å². The van der Waals surface area contributed by atoms with Gasteiger partial charge in [-0.3, -0.25) is 11.3 Å². The molecule has 17 heavy (non-hydrogen) atoms. The van der Waals surface area contributed by atoms with Crippen LogP contribution in [0, 0.1) is 0 Å². The minimum absolute atomic E-state index is 0.0845. The van der Waals surface area contributed by atoms with Crippen molar-refractivity contribution in [3.8, 4) is 5.75 Å². The maximum absolute atomic E-state index is 5.59. The lowest BCUT2D eigenvalue weighted by Crippen LogP contribution is -2.46. The molecule has 0 bridgehead atoms. The van der Waals surface area contributed by atoms with E-state index in [0.717, 1.165) is 24.2 Å². The average Bonchev–Trinajstić information content (AvgIpc) is 2.39. The van der Waals surface area contributed by atoms with E-state index in [0.29, 0.717) is 0 Å². The number of benzene rings is 1. The van der Waals surface area contributed by atoms with Gasteiger partial charge in [-0.05, 0) is 24.5 Å². The molecule has 0 saturated heterocycles. The SMILES string of the molecule is CCC(OC)C(Cc1ccccc1OC)NN. The molecule has 0 amide bonds. The molecule has 0 aromatic heterocycles. The predicted octanol–water partition coefficient (Wildman–Crippen LogP) is 1.49. The van der Waals surface area contributed by atoms with E-state index in [-0.39, 0.29) is 12.1 Å². The Morgan fingerprint density at radius 1 is 1.29 bits per heavy atom. The van der Waals surface area contributed by atoms with Crippen LogP contribution in [0.1, 0.15) is 18.9 Å². The highest BCUT2D eigenvalue weighted by molar-refractivity contribution is 5.34. The van der Waals surface area contributed by atoms with Crippen molar-refractivity contribution in [2.45, 2.75) is 31.9 Å². The lowest BCUT2D eigenvalue weighted by molar-refractivity contribution is 0.0652. The van der Waals surface area contributed by atoms with Gasteiger partial charge in [0.2, 0.25) is 0 Å². The highest BCUT2D eigenvalue weighted by atomic mass is 16.5. The van der Waals surface area contributed by atoms with Gasteiger partial charge < -0.3 is 9.47 Å². The molecular formula is C13H22N2O2. The van der Waals surface area contributed by atoms with E-state index < -0.39 is 0 Å². The summed E-state index contributed by atoms with van der Waals surface area (Å²) in [7, 11) is 3.39. The first-order valence-corrected chi connectivity index (χ1v) is 5.87. The molecule has 96 valence electrons. The van der Waals surface area contributed by atoms with Crippen molar-refractivity contribution in [2.75, 3.05) is 14.2 Å². The van der Waals surface area contributed by atoms with Crippen LogP contribution in [-0.2, 0) is 11.2 Å². The van der Waals surface area contributed by atoms with Crippen LogP contribution >= 0.6 is 0 Å². The third-order valence-electron chi connectivity index (χ3n) is 3.00. The summed E-state index contributed by atoms with van der Waals surface area (Å²) in [5, 5.41) is 0. The Bertz CT molecular complexity index is 327. The molecule has 2 unspecified atom stereocenters. The van der Waals surface area contributed by atoms with Crippen LogP contribution in [0.15, 0.2) is 24.3 Å². The average molecular weight is 238 g/mol. The van der Waals surface area contributed by atoms with Crippen molar-refractivity contribution < 1.29 is 9.47 Å². The summed E-state index contributed by atoms with van der Waals surface area (Å²) in [5.74, 6) is 6.48. The number of para-hydroxylation sites is 1. The van der Waals surface area contributed by atoms with Crippen molar-refractivity contribution >= 4 is 0 Å². The summed E-state index contributed by atoms with van der Waals surface area (Å²) in [6.07, 6.45) is 1.80. The van der Waals surface area contributed by atoms with Crippen LogP contribution in [-0.4, -0.2) is 26.4 Å². The van der Waals surface area contributed by atoms with Crippen LogP contribution in [0.2, 0.25) is 0 Å². The maximum atomic E-state index is 5.59. The maximum Gasteiger partial charge on any atom is 0.122 e. The smallest absolute Gasteiger partial charge is 0.122 e. The van der Waals surface area contributed by atoms with Gasteiger partial charge in [-0.15, -0.1) is 0 Å². The van der Waals surface area contributed by atoms with E-state index in [1.807, 2.05) is 24.3 Å². The Kier molecular flexibility index (Phi) is 5.97. The zero-order valence-electron chi connectivity index (χ0n) is 10.8. The Hall–Kier alpha value is -1.10. The highest BCUT2D eigenvalue weighted by Gasteiger charge is 2.19. The lowest BCUT2D eigenvalue weighted by Gasteiger charge is -2.25. The molecule has 0 radical (unpaired) electrons. The van der Waals surface area contributed by atoms with Crippen LogP contribution < -0.4 is 16.0 Å². The molecule has 1 rings (SSSR count). The Morgan fingerprint density at radius 2 is 2.00 bits per heavy atom. The second kappa shape index (κ2) is 7.27. The molecule has 4 nitrogen and oxygen atoms in total. The number of nitrogens with two attached hydrogens (primary N) is 1. The van der Waals surface area contributed by atoms with Crippen molar-refractivity contribution in [1.82, 2.24) is 5.43 Å². The number of hydrogen-bond acceptors (Lipinski definition) is 4. The summed E-state index contributed by atoms with van der Waals surface area (Å²) < 4.78 is 10.7. The van der Waals surface area contributed by atoms with E-state index in [4.69, 9.17) is 15.3 Å². The number of hydrogen-bond donors (Lipinski definition) is 2. The van der Waals surface area contributed by atoms with Gasteiger partial charge in [-0.25, -0.2) is 0 Å². The fraction of sp³-hybridized carbons (Fsp3) is 0.538. The second-order valence-corrected chi connectivity index (χ2v) is 3.97. The molecule has 0 fully saturated rings. The molecule has 0 aliphatic carbocycles. The molecule has 0 saturated carbocycles. The molecule has 4 heteroatoms. The Balaban J connectivity index is 2.79. The standard InChI is InChI=1S/C13H22N2O2/c1-4-12(16-2)11(15-14)9-10-7-5-6-8-13(10)17-3/h5-8,11-12,15H,4,9,14H2,1-3H3. The van der Waals surface area contributed by atoms with Gasteiger partial charge in [0.25, 0.3) is 0 Å². The van der Waals surface area contributed by atoms with Gasteiger partial charge in [0, 0.05) is 7.11 Å². The van der Waals surface area contributed by atoms with Gasteiger partial charge in [-0.1, -0.05) is 25.1 Å². The van der Waals surface area contributed by atoms with Gasteiger partial charge in [0.15, 0.2) is 0 Å². The van der Waals surface area contributed by atoms with Crippen molar-refractivity contribution in [3.05, 3.63) is 29.8 Å². The number of nitrogens with one attached hydrogen (secondary N) is 1. The second-order valence-electron chi connectivity index (χ2n) is 3.97. The molecule has 0 spiro atoms. The summed E-state index contributed by atoms with van der Waals surface area (Å²) in [6.45, 7) is 2.08. The summed E-state index contributed by atoms with van der Waals surface area (Å²) in [4.78, 5) is 0. The van der Waals surface area contributed by atoms with E-state index in [2.05, 4.69) is 12.3 Å². The largest absolute Gasteiger partial charge is 0.496 e. The van der Waals surface area contributed by atoms with Crippen LogP contribution in [0.5, 0.6) is 5.75 Å². The molecule has 0 heterocycles. The van der Waals surface area contributed by atoms with E-state index in [9.17, 15) is 0 Å². The number of rotatable bonds is 7. The molecule has 2 atom stereocenters. The first-order valence-electron chi connectivity index (χ1n) is 5.87. The third-order valence-corrected chi connectivity index (χ3v) is 3.00. The zero-order valence-corrected chi connectivity index (χ0v) is 10.8. The van der Waals surface area contributed by atoms with Gasteiger partial charge in [-0.2, -0.15) is 0 Å². The summed E-state index contributed by atoms with van der Waals surface area (Å²) in [6, 6.07) is 8.05. The molecule has 1 aromatic rings. The monoisotopic (exact) mass is 238 g/mol. The molecule has 0 aliphatic heterocycles. The van der Waals surface area contributed by atoms with E-state index in [1.165, 1.54) is 0 Å². The summed E-state index contributed by atoms with van der Waals surface area (Å²) in [5.41, 5.74) is 3.96. The highest BCUT2D eigenvalue weighted by Crippen LogP contribution is 2.20. The normalized spacial score (nSPS) is 14.4. The molecule has 0 aliphatic rings. The van der Waals surface area contributed by atoms with Gasteiger partial charge in [0.1, 0.15) is 5.75 Å².